The van der Waals surface area contributed by atoms with E-state index in [1.165, 1.54) is 6.07 Å². The molecule has 0 atom stereocenters. The van der Waals surface area contributed by atoms with E-state index in [9.17, 15) is 6.57 Å². The average Bonchev–Trinajstić information content (AvgIpc) is 1.59. The molecular formula is C83H52F3N7. The molecule has 0 fully saturated rings. The largest absolute Gasteiger partial charge is 0.417 e. The van der Waals surface area contributed by atoms with Gasteiger partial charge in [-0.05, 0) is 153 Å². The number of benzene rings is 10. The Balaban J connectivity index is 1.02. The van der Waals surface area contributed by atoms with Gasteiger partial charge in [-0.15, -0.1) is 0 Å². The molecule has 93 heavy (non-hydrogen) atoms. The first-order chi connectivity index (χ1) is 45.6. The third-order valence-electron chi connectivity index (χ3n) is 17.7. The number of aromatic nitrogens is 6. The molecule has 0 amide bonds. The van der Waals surface area contributed by atoms with Gasteiger partial charge in [0.2, 0.25) is 5.69 Å². The molecule has 0 aliphatic rings. The summed E-state index contributed by atoms with van der Waals surface area (Å²) in [5.74, 6) is 0. The predicted molar refractivity (Wildman–Crippen MR) is 371 cm³/mol. The normalized spacial score (nSPS) is 11.6. The lowest BCUT2D eigenvalue weighted by atomic mass is 9.92. The Hall–Kier alpha value is -12.3. The highest BCUT2D eigenvalue weighted by molar-refractivity contribution is 6.15. The van der Waals surface area contributed by atoms with Crippen molar-refractivity contribution in [1.29, 1.82) is 0 Å². The van der Waals surface area contributed by atoms with Gasteiger partial charge in [-0.25, -0.2) is 4.85 Å². The molecule has 0 unspecified atom stereocenters. The average molecular weight is 1200 g/mol. The standard InChI is InChI=1S/C83H52F3N7/c1-52-16-15-25-70(83(84,85)86)80(52)69-34-35-75(92-76-48-57(61-36-40-88-71(44-61)53-17-7-3-8-18-53)26-30-65(76)66-31-27-58(49-77(66)92)62-37-41-89-72(45-62)54-19-9-4-10-20-54)81(87-2)82(69)93-78-50-59(63-38-42-90-73(46-63)55-21-11-5-12-22-55)28-32-67(78)68-33-29-60(51-79(68)93)64-39-43-91-74(47-64)56-23-13-6-14-24-56/h3-51H,1H3. The fraction of sp³-hybridized carbons (Fsp3) is 0.0241. The summed E-state index contributed by atoms with van der Waals surface area (Å²) in [6.07, 6.45) is 2.47. The van der Waals surface area contributed by atoms with Gasteiger partial charge < -0.3 is 9.13 Å². The van der Waals surface area contributed by atoms with Crippen molar-refractivity contribution in [2.45, 2.75) is 13.1 Å². The summed E-state index contributed by atoms with van der Waals surface area (Å²) in [6, 6.07) is 89.6. The zero-order chi connectivity index (χ0) is 62.7. The van der Waals surface area contributed by atoms with Crippen LogP contribution < -0.4 is 0 Å². The highest BCUT2D eigenvalue weighted by Gasteiger charge is 2.36. The van der Waals surface area contributed by atoms with E-state index in [1.807, 2.05) is 169 Å². The van der Waals surface area contributed by atoms with Gasteiger partial charge in [0.05, 0.1) is 68.4 Å². The summed E-state index contributed by atoms with van der Waals surface area (Å²) in [4.78, 5) is 23.7. The Bertz CT molecular complexity index is 5350. The monoisotopic (exact) mass is 1200 g/mol. The van der Waals surface area contributed by atoms with Crippen LogP contribution in [-0.4, -0.2) is 29.1 Å². The summed E-state index contributed by atoms with van der Waals surface area (Å²) in [5, 5.41) is 3.53. The molecule has 0 spiro atoms. The molecule has 0 N–H and O–H groups in total. The zero-order valence-electron chi connectivity index (χ0n) is 50.1. The second kappa shape index (κ2) is 22.9. The molecule has 10 aromatic carbocycles. The van der Waals surface area contributed by atoms with E-state index in [4.69, 9.17) is 19.9 Å². The minimum atomic E-state index is -4.77. The zero-order valence-corrected chi connectivity index (χ0v) is 50.1. The quantitative estimate of drug-likeness (QED) is 0.121. The van der Waals surface area contributed by atoms with Gasteiger partial charge in [0.15, 0.2) is 0 Å². The number of alkyl halides is 3. The summed E-state index contributed by atoms with van der Waals surface area (Å²) in [6.45, 7) is 11.4. The number of hydrogen-bond acceptors (Lipinski definition) is 4. The Kier molecular flexibility index (Phi) is 13.8. The van der Waals surface area contributed by atoms with Crippen LogP contribution in [0.3, 0.4) is 0 Å². The lowest BCUT2D eigenvalue weighted by Crippen LogP contribution is -2.10. The van der Waals surface area contributed by atoms with Crippen molar-refractivity contribution in [3.8, 4) is 112 Å². The van der Waals surface area contributed by atoms with Crippen LogP contribution in [0.1, 0.15) is 11.1 Å². The summed E-state index contributed by atoms with van der Waals surface area (Å²) >= 11 is 0. The van der Waals surface area contributed by atoms with Crippen LogP contribution in [0.4, 0.5) is 18.9 Å². The van der Waals surface area contributed by atoms with E-state index in [2.05, 4.69) is 106 Å². The molecule has 16 rings (SSSR count). The maximum atomic E-state index is 16.0. The minimum absolute atomic E-state index is 0.0207. The van der Waals surface area contributed by atoms with E-state index in [-0.39, 0.29) is 16.8 Å². The lowest BCUT2D eigenvalue weighted by Gasteiger charge is -2.23. The fourth-order valence-corrected chi connectivity index (χ4v) is 13.3. The number of fused-ring (bicyclic) bond motifs is 6. The van der Waals surface area contributed by atoms with Crippen LogP contribution in [0.25, 0.3) is 160 Å². The smallest absolute Gasteiger partial charge is 0.319 e. The first-order valence-electron chi connectivity index (χ1n) is 30.6. The van der Waals surface area contributed by atoms with Gasteiger partial charge in [0.25, 0.3) is 0 Å². The predicted octanol–water partition coefficient (Wildman–Crippen LogP) is 22.3. The fourth-order valence-electron chi connectivity index (χ4n) is 13.3. The third-order valence-corrected chi connectivity index (χ3v) is 17.7. The van der Waals surface area contributed by atoms with E-state index in [1.54, 1.807) is 31.5 Å². The third kappa shape index (κ3) is 10.1. The van der Waals surface area contributed by atoms with Crippen molar-refractivity contribution in [2.24, 2.45) is 0 Å². The maximum absolute atomic E-state index is 16.0. The minimum Gasteiger partial charge on any atom is -0.319 e. The van der Waals surface area contributed by atoms with Gasteiger partial charge in [0, 0.05) is 68.6 Å². The van der Waals surface area contributed by atoms with E-state index in [0.717, 1.165) is 128 Å². The lowest BCUT2D eigenvalue weighted by molar-refractivity contribution is -0.137. The Labute approximate surface area is 534 Å². The molecule has 440 valence electrons. The number of hydrogen-bond donors (Lipinski definition) is 0. The molecule has 0 aliphatic carbocycles. The van der Waals surface area contributed by atoms with Crippen LogP contribution >= 0.6 is 0 Å². The van der Waals surface area contributed by atoms with Gasteiger partial charge in [0.1, 0.15) is 0 Å². The molecule has 6 heterocycles. The molecule has 16 aromatic rings. The summed E-state index contributed by atoms with van der Waals surface area (Å²) < 4.78 is 52.3. The summed E-state index contributed by atoms with van der Waals surface area (Å²) in [7, 11) is 0. The topological polar surface area (TPSA) is 65.8 Å². The Morgan fingerprint density at radius 1 is 0.333 bits per heavy atom. The molecule has 0 aliphatic heterocycles. The number of nitrogens with zero attached hydrogens (tertiary/aromatic N) is 7. The van der Waals surface area contributed by atoms with Crippen molar-refractivity contribution in [1.82, 2.24) is 29.1 Å². The van der Waals surface area contributed by atoms with E-state index >= 15 is 13.2 Å². The van der Waals surface area contributed by atoms with Crippen molar-refractivity contribution in [2.75, 3.05) is 0 Å². The van der Waals surface area contributed by atoms with Crippen molar-refractivity contribution in [3.63, 3.8) is 0 Å². The first kappa shape index (κ1) is 56.0. The number of rotatable bonds is 11. The van der Waals surface area contributed by atoms with Crippen molar-refractivity contribution >= 4 is 49.3 Å². The molecular weight excluding hydrogens is 1150 g/mol. The van der Waals surface area contributed by atoms with Gasteiger partial charge in [-0.1, -0.05) is 188 Å². The number of halogens is 3. The van der Waals surface area contributed by atoms with Crippen LogP contribution in [-0.2, 0) is 6.18 Å². The maximum Gasteiger partial charge on any atom is 0.417 e. The highest BCUT2D eigenvalue weighted by Crippen LogP contribution is 2.50. The Morgan fingerprint density at radius 2 is 0.667 bits per heavy atom. The molecule has 0 bridgehead atoms. The molecule has 0 saturated carbocycles. The van der Waals surface area contributed by atoms with E-state index < -0.39 is 11.7 Å². The van der Waals surface area contributed by atoms with Gasteiger partial charge in [-0.2, -0.15) is 13.2 Å². The molecule has 0 saturated heterocycles. The van der Waals surface area contributed by atoms with Gasteiger partial charge >= 0.3 is 6.18 Å². The van der Waals surface area contributed by atoms with Crippen LogP contribution in [0, 0.1) is 13.5 Å². The number of aryl methyl sites for hydroxylation is 1. The van der Waals surface area contributed by atoms with Gasteiger partial charge in [-0.3, -0.25) is 19.9 Å². The molecule has 6 aromatic heterocycles. The second-order valence-corrected chi connectivity index (χ2v) is 23.2. The Morgan fingerprint density at radius 3 is 1.00 bits per heavy atom. The SMILES string of the molecule is [C-]#[N+]c1c(-n2c3cc(-c4ccnc(-c5ccccc5)c4)ccc3c3ccc(-c4ccnc(-c5ccccc5)c4)cc32)ccc(-c2c(C)cccc2C(F)(F)F)c1-n1c2cc(-c3ccnc(-c4ccccc4)c3)ccc2c2ccc(-c3ccnc(-c4ccccc4)c3)cc21. The molecule has 7 nitrogen and oxygen atoms in total. The summed E-state index contributed by atoms with van der Waals surface area (Å²) in [5.41, 5.74) is 17.9. The first-order valence-corrected chi connectivity index (χ1v) is 30.6. The van der Waals surface area contributed by atoms with Crippen LogP contribution in [0.15, 0.2) is 298 Å². The van der Waals surface area contributed by atoms with E-state index in [0.29, 0.717) is 28.0 Å². The highest BCUT2D eigenvalue weighted by atomic mass is 19.4. The molecule has 10 heteroatoms. The second-order valence-electron chi connectivity index (χ2n) is 23.2. The van der Waals surface area contributed by atoms with Crippen LogP contribution in [0.2, 0.25) is 0 Å². The van der Waals surface area contributed by atoms with Crippen LogP contribution in [0.5, 0.6) is 0 Å². The molecule has 0 radical (unpaired) electrons. The number of pyridine rings is 4. The van der Waals surface area contributed by atoms with Crippen molar-refractivity contribution < 1.29 is 13.2 Å². The van der Waals surface area contributed by atoms with Crippen molar-refractivity contribution in [3.05, 3.63) is 320 Å².